The van der Waals surface area contributed by atoms with Crippen LogP contribution in [-0.2, 0) is 10.0 Å². The van der Waals surface area contributed by atoms with Gasteiger partial charge in [0.2, 0.25) is 10.0 Å². The Bertz CT molecular complexity index is 944. The van der Waals surface area contributed by atoms with Crippen molar-refractivity contribution in [2.45, 2.75) is 19.4 Å². The predicted molar refractivity (Wildman–Crippen MR) is 109 cm³/mol. The molecular formula is C18H24ClN5O2S. The van der Waals surface area contributed by atoms with Crippen LogP contribution in [0.1, 0.15) is 18.9 Å². The molecule has 2 heterocycles. The summed E-state index contributed by atoms with van der Waals surface area (Å²) in [6.07, 6.45) is 2.46. The van der Waals surface area contributed by atoms with E-state index in [4.69, 9.17) is 5.73 Å². The van der Waals surface area contributed by atoms with E-state index >= 15 is 0 Å². The number of hydrogen-bond donors (Lipinski definition) is 2. The smallest absolute Gasteiger partial charge is 0.213 e. The Morgan fingerprint density at radius 3 is 2.85 bits per heavy atom. The lowest BCUT2D eigenvalue weighted by atomic mass is 9.95. The number of nitrogens with two attached hydrogens (primary N) is 1. The Hall–Kier alpha value is -1.92. The summed E-state index contributed by atoms with van der Waals surface area (Å²) < 4.78 is 27.0. The van der Waals surface area contributed by atoms with Crippen molar-refractivity contribution in [1.82, 2.24) is 9.71 Å². The van der Waals surface area contributed by atoms with E-state index in [0.717, 1.165) is 24.0 Å². The van der Waals surface area contributed by atoms with Gasteiger partial charge in [0, 0.05) is 42.9 Å². The van der Waals surface area contributed by atoms with Gasteiger partial charge in [0.05, 0.1) is 16.8 Å². The number of nitriles is 1. The lowest BCUT2D eigenvalue weighted by Gasteiger charge is -2.38. The number of nitrogens with zero attached hydrogens (tertiary/aromatic N) is 3. The molecule has 27 heavy (non-hydrogen) atoms. The van der Waals surface area contributed by atoms with Crippen molar-refractivity contribution >= 4 is 39.0 Å². The highest BCUT2D eigenvalue weighted by molar-refractivity contribution is 7.89. The van der Waals surface area contributed by atoms with Gasteiger partial charge >= 0.3 is 0 Å². The highest BCUT2D eigenvalue weighted by atomic mass is 35.5. The fraction of sp³-hybridized carbons (Fsp3) is 0.444. The summed E-state index contributed by atoms with van der Waals surface area (Å²) >= 11 is 0. The number of pyridine rings is 1. The van der Waals surface area contributed by atoms with Crippen molar-refractivity contribution in [2.75, 3.05) is 30.3 Å². The number of benzene rings is 1. The monoisotopic (exact) mass is 409 g/mol. The number of fused-ring (bicyclic) bond motifs is 1. The molecule has 1 aliphatic rings. The number of halogens is 1. The van der Waals surface area contributed by atoms with Gasteiger partial charge in [0.1, 0.15) is 6.07 Å². The SMILES string of the molecule is C[C@H]1C[C@@H](NS(=O)(=O)CCN)CN(c2ccc(C#N)c3ncccc23)C1.Cl. The van der Waals surface area contributed by atoms with Gasteiger partial charge in [-0.1, -0.05) is 6.92 Å². The zero-order valence-electron chi connectivity index (χ0n) is 15.1. The first-order chi connectivity index (χ1) is 12.4. The normalized spacial score (nSPS) is 20.1. The lowest BCUT2D eigenvalue weighted by Crippen LogP contribution is -2.51. The molecular weight excluding hydrogens is 386 g/mol. The summed E-state index contributed by atoms with van der Waals surface area (Å²) in [5, 5.41) is 10.2. The van der Waals surface area contributed by atoms with Crippen molar-refractivity contribution in [1.29, 1.82) is 5.26 Å². The van der Waals surface area contributed by atoms with Gasteiger partial charge in [0.25, 0.3) is 0 Å². The first-order valence-corrected chi connectivity index (χ1v) is 10.3. The molecule has 1 saturated heterocycles. The highest BCUT2D eigenvalue weighted by Crippen LogP contribution is 2.31. The Morgan fingerprint density at radius 2 is 2.15 bits per heavy atom. The Balaban J connectivity index is 0.00000261. The zero-order valence-corrected chi connectivity index (χ0v) is 16.8. The Kier molecular flexibility index (Phi) is 7.00. The fourth-order valence-corrected chi connectivity index (χ4v) is 4.73. The molecule has 0 aliphatic carbocycles. The van der Waals surface area contributed by atoms with E-state index < -0.39 is 10.0 Å². The number of rotatable bonds is 5. The molecule has 146 valence electrons. The minimum atomic E-state index is -3.37. The van der Waals surface area contributed by atoms with Crippen LogP contribution in [0.15, 0.2) is 30.5 Å². The average Bonchev–Trinajstić information content (AvgIpc) is 2.59. The maximum Gasteiger partial charge on any atom is 0.213 e. The zero-order chi connectivity index (χ0) is 18.7. The summed E-state index contributed by atoms with van der Waals surface area (Å²) in [5.74, 6) is 0.262. The van der Waals surface area contributed by atoms with Crippen LogP contribution < -0.4 is 15.4 Å². The van der Waals surface area contributed by atoms with Crippen LogP contribution in [0, 0.1) is 17.2 Å². The Morgan fingerprint density at radius 1 is 1.37 bits per heavy atom. The molecule has 3 N–H and O–H groups in total. The van der Waals surface area contributed by atoms with E-state index in [1.54, 1.807) is 12.3 Å². The van der Waals surface area contributed by atoms with Crippen molar-refractivity contribution in [3.63, 3.8) is 0 Å². The van der Waals surface area contributed by atoms with Crippen molar-refractivity contribution in [3.8, 4) is 6.07 Å². The summed E-state index contributed by atoms with van der Waals surface area (Å²) in [4.78, 5) is 6.53. The van der Waals surface area contributed by atoms with E-state index in [1.807, 2.05) is 18.2 Å². The second-order valence-electron chi connectivity index (χ2n) is 6.81. The molecule has 1 aromatic heterocycles. The molecule has 9 heteroatoms. The van der Waals surface area contributed by atoms with Crippen LogP contribution >= 0.6 is 12.4 Å². The van der Waals surface area contributed by atoms with Crippen molar-refractivity contribution in [3.05, 3.63) is 36.0 Å². The van der Waals surface area contributed by atoms with Crippen LogP contribution in [0.25, 0.3) is 10.9 Å². The van der Waals surface area contributed by atoms with E-state index in [9.17, 15) is 13.7 Å². The lowest BCUT2D eigenvalue weighted by molar-refractivity contribution is 0.381. The Labute approximate surface area is 166 Å². The number of piperidine rings is 1. The summed E-state index contributed by atoms with van der Waals surface area (Å²) in [6, 6.07) is 9.51. The van der Waals surface area contributed by atoms with Crippen LogP contribution in [0.4, 0.5) is 5.69 Å². The second-order valence-corrected chi connectivity index (χ2v) is 8.69. The van der Waals surface area contributed by atoms with Gasteiger partial charge in [-0.15, -0.1) is 12.4 Å². The molecule has 3 rings (SSSR count). The molecule has 0 radical (unpaired) electrons. The molecule has 1 fully saturated rings. The van der Waals surface area contributed by atoms with Gasteiger partial charge in [-0.2, -0.15) is 5.26 Å². The third-order valence-electron chi connectivity index (χ3n) is 4.60. The van der Waals surface area contributed by atoms with Gasteiger partial charge in [-0.3, -0.25) is 4.98 Å². The number of aromatic nitrogens is 1. The van der Waals surface area contributed by atoms with E-state index in [-0.39, 0.29) is 30.7 Å². The summed E-state index contributed by atoms with van der Waals surface area (Å²) in [5.41, 5.74) is 7.57. The van der Waals surface area contributed by atoms with Crippen LogP contribution in [0.5, 0.6) is 0 Å². The minimum absolute atomic E-state index is 0. The second kappa shape index (κ2) is 8.85. The molecule has 7 nitrogen and oxygen atoms in total. The quantitative estimate of drug-likeness (QED) is 0.775. The number of sulfonamides is 1. The highest BCUT2D eigenvalue weighted by Gasteiger charge is 2.28. The van der Waals surface area contributed by atoms with E-state index in [2.05, 4.69) is 27.6 Å². The molecule has 0 bridgehead atoms. The van der Waals surface area contributed by atoms with Crippen LogP contribution in [-0.4, -0.2) is 44.8 Å². The summed E-state index contributed by atoms with van der Waals surface area (Å²) in [6.45, 7) is 3.61. The van der Waals surface area contributed by atoms with Gasteiger partial charge in [-0.25, -0.2) is 13.1 Å². The van der Waals surface area contributed by atoms with Crippen LogP contribution in [0.2, 0.25) is 0 Å². The third-order valence-corrected chi connectivity index (χ3v) is 6.07. The first-order valence-electron chi connectivity index (χ1n) is 8.66. The molecule has 0 saturated carbocycles. The van der Waals surface area contributed by atoms with Gasteiger partial charge < -0.3 is 10.6 Å². The molecule has 2 aromatic rings. The van der Waals surface area contributed by atoms with Crippen molar-refractivity contribution in [2.24, 2.45) is 11.7 Å². The number of hydrogen-bond acceptors (Lipinski definition) is 6. The van der Waals surface area contributed by atoms with E-state index in [1.165, 1.54) is 0 Å². The third kappa shape index (κ3) is 4.87. The molecule has 1 aromatic carbocycles. The van der Waals surface area contributed by atoms with Crippen molar-refractivity contribution < 1.29 is 8.42 Å². The minimum Gasteiger partial charge on any atom is -0.369 e. The number of anilines is 1. The average molecular weight is 410 g/mol. The topological polar surface area (TPSA) is 112 Å². The fourth-order valence-electron chi connectivity index (χ4n) is 3.63. The molecule has 0 spiro atoms. The molecule has 0 amide bonds. The standard InChI is InChI=1S/C18H23N5O2S.ClH/c1-13-9-15(22-26(24,25)8-6-19)12-23(11-13)17-5-4-14(10-20)18-16(17)3-2-7-21-18;/h2-5,7,13,15,22H,6,8-9,11-12,19H2,1H3;1H/t13-,15+;/m0./s1. The first kappa shape index (κ1) is 21.4. The maximum absolute atomic E-state index is 12.1. The van der Waals surface area contributed by atoms with Gasteiger partial charge in [-0.05, 0) is 36.6 Å². The maximum atomic E-state index is 12.1. The molecule has 2 atom stereocenters. The predicted octanol–water partition coefficient (Wildman–Crippen LogP) is 1.62. The summed E-state index contributed by atoms with van der Waals surface area (Å²) in [7, 11) is -3.37. The van der Waals surface area contributed by atoms with Gasteiger partial charge in [0.15, 0.2) is 0 Å². The molecule has 0 unspecified atom stereocenters. The largest absolute Gasteiger partial charge is 0.369 e. The molecule has 1 aliphatic heterocycles. The van der Waals surface area contributed by atoms with Crippen LogP contribution in [0.3, 0.4) is 0 Å². The van der Waals surface area contributed by atoms with E-state index in [0.29, 0.717) is 23.5 Å². The number of nitrogens with one attached hydrogen (secondary N) is 1.